The van der Waals surface area contributed by atoms with E-state index in [1.165, 1.54) is 11.8 Å². The van der Waals surface area contributed by atoms with Crippen LogP contribution in [0.25, 0.3) is 0 Å². The molecule has 3 aliphatic heterocycles. The minimum Gasteiger partial charge on any atom is -0.306 e. The average Bonchev–Trinajstić information content (AvgIpc) is 2.81. The summed E-state index contributed by atoms with van der Waals surface area (Å²) in [5.41, 5.74) is 0. The summed E-state index contributed by atoms with van der Waals surface area (Å²) < 4.78 is 14.4. The number of nitrogens with one attached hydrogen (secondary N) is 2. The van der Waals surface area contributed by atoms with E-state index in [0.717, 1.165) is 32.5 Å². The molecule has 118 valence electrons. The van der Waals surface area contributed by atoms with Gasteiger partial charge in [-0.05, 0) is 33.0 Å². The monoisotopic (exact) mass is 376 g/mol. The Morgan fingerprint density at radius 3 is 2.81 bits per heavy atom. The molecule has 3 fully saturated rings. The maximum Gasteiger partial charge on any atom is 0.130 e. The predicted molar refractivity (Wildman–Crippen MR) is 87.3 cm³/mol. The van der Waals surface area contributed by atoms with Crippen LogP contribution in [0.1, 0.15) is 12.8 Å². The Morgan fingerprint density at radius 1 is 1.43 bits per heavy atom. The third-order valence-corrected chi connectivity index (χ3v) is 7.52. The third kappa shape index (κ3) is 3.25. The van der Waals surface area contributed by atoms with Gasteiger partial charge in [-0.2, -0.15) is 5.26 Å². The van der Waals surface area contributed by atoms with Crippen LogP contribution in [0.3, 0.4) is 0 Å². The molecule has 0 aromatic rings. The van der Waals surface area contributed by atoms with E-state index in [0.29, 0.717) is 6.04 Å². The van der Waals surface area contributed by atoms with Crippen LogP contribution in [0.4, 0.5) is 4.39 Å². The van der Waals surface area contributed by atoms with Gasteiger partial charge in [-0.1, -0.05) is 15.9 Å². The van der Waals surface area contributed by atoms with Gasteiger partial charge in [-0.15, -0.1) is 11.8 Å². The standard InChI is InChI=1S/C14H22BrFN4S/c1-20-4-2-8(3-5-20)19-14-12(15)11-10(7-18-14)21-9(6-17)13(11)16/h8-14,18-19H,2-5,7H2,1H3. The summed E-state index contributed by atoms with van der Waals surface area (Å²) in [5.74, 6) is -0.0790. The van der Waals surface area contributed by atoms with Crippen LogP contribution in [-0.2, 0) is 0 Å². The van der Waals surface area contributed by atoms with Crippen molar-refractivity contribution in [2.45, 2.75) is 46.5 Å². The van der Waals surface area contributed by atoms with E-state index in [-0.39, 0.29) is 22.2 Å². The number of hydrogen-bond donors (Lipinski definition) is 2. The molecule has 0 bridgehead atoms. The number of thioether (sulfide) groups is 1. The van der Waals surface area contributed by atoms with Gasteiger partial charge < -0.3 is 4.90 Å². The number of nitriles is 1. The van der Waals surface area contributed by atoms with E-state index in [2.05, 4.69) is 44.6 Å². The highest BCUT2D eigenvalue weighted by molar-refractivity contribution is 9.09. The molecule has 0 amide bonds. The summed E-state index contributed by atoms with van der Waals surface area (Å²) in [7, 11) is 2.15. The van der Waals surface area contributed by atoms with Crippen molar-refractivity contribution in [3.8, 4) is 6.07 Å². The van der Waals surface area contributed by atoms with E-state index in [1.807, 2.05) is 0 Å². The van der Waals surface area contributed by atoms with Crippen molar-refractivity contribution < 1.29 is 4.39 Å². The number of rotatable bonds is 2. The molecular formula is C14H22BrFN4S. The molecular weight excluding hydrogens is 355 g/mol. The number of alkyl halides is 2. The molecule has 0 aliphatic carbocycles. The lowest BCUT2D eigenvalue weighted by Gasteiger charge is -2.41. The van der Waals surface area contributed by atoms with Crippen molar-refractivity contribution >= 4 is 27.7 Å². The SMILES string of the molecule is CN1CCC(NC2NCC3SC(C#N)C(F)C3C2Br)CC1. The highest BCUT2D eigenvalue weighted by Crippen LogP contribution is 2.46. The van der Waals surface area contributed by atoms with Gasteiger partial charge in [0.25, 0.3) is 0 Å². The topological polar surface area (TPSA) is 51.1 Å². The van der Waals surface area contributed by atoms with Gasteiger partial charge in [0.2, 0.25) is 0 Å². The van der Waals surface area contributed by atoms with Crippen molar-refractivity contribution in [2.75, 3.05) is 26.7 Å². The summed E-state index contributed by atoms with van der Waals surface area (Å²) >= 11 is 5.19. The number of likely N-dealkylation sites (tertiary alicyclic amines) is 1. The maximum atomic E-state index is 14.4. The van der Waals surface area contributed by atoms with Crippen LogP contribution in [0.2, 0.25) is 0 Å². The van der Waals surface area contributed by atoms with Crippen LogP contribution < -0.4 is 10.6 Å². The molecule has 3 heterocycles. The summed E-state index contributed by atoms with van der Waals surface area (Å²) in [4.78, 5) is 2.38. The van der Waals surface area contributed by atoms with Gasteiger partial charge in [0.1, 0.15) is 11.4 Å². The molecule has 2 N–H and O–H groups in total. The lowest BCUT2D eigenvalue weighted by molar-refractivity contribution is 0.165. The number of nitrogens with zero attached hydrogens (tertiary/aromatic N) is 2. The largest absolute Gasteiger partial charge is 0.306 e. The summed E-state index contributed by atoms with van der Waals surface area (Å²) in [6, 6.07) is 2.60. The van der Waals surface area contributed by atoms with Crippen LogP contribution >= 0.6 is 27.7 Å². The molecule has 7 heteroatoms. The molecule has 4 nitrogen and oxygen atoms in total. The average molecular weight is 377 g/mol. The van der Waals surface area contributed by atoms with Crippen molar-refractivity contribution in [3.05, 3.63) is 0 Å². The predicted octanol–water partition coefficient (Wildman–Crippen LogP) is 1.32. The summed E-state index contributed by atoms with van der Waals surface area (Å²) in [6.45, 7) is 3.00. The summed E-state index contributed by atoms with van der Waals surface area (Å²) in [5, 5.41) is 15.9. The molecule has 21 heavy (non-hydrogen) atoms. The lowest BCUT2D eigenvalue weighted by Crippen LogP contribution is -2.62. The van der Waals surface area contributed by atoms with Crippen LogP contribution in [0, 0.1) is 17.2 Å². The maximum absolute atomic E-state index is 14.4. The molecule has 0 saturated carbocycles. The zero-order valence-corrected chi connectivity index (χ0v) is 14.5. The minimum absolute atomic E-state index is 0.0387. The molecule has 3 aliphatic rings. The molecule has 3 saturated heterocycles. The number of piperidine rings is 2. The number of halogens is 2. The van der Waals surface area contributed by atoms with Gasteiger partial charge in [0, 0.05) is 28.6 Å². The van der Waals surface area contributed by atoms with E-state index in [9.17, 15) is 4.39 Å². The first kappa shape index (κ1) is 16.0. The zero-order valence-electron chi connectivity index (χ0n) is 12.1. The van der Waals surface area contributed by atoms with Crippen molar-refractivity contribution in [1.82, 2.24) is 15.5 Å². The molecule has 3 rings (SSSR count). The fraction of sp³-hybridized carbons (Fsp3) is 0.929. The second-order valence-electron chi connectivity index (χ2n) is 6.32. The number of fused-ring (bicyclic) bond motifs is 1. The second kappa shape index (κ2) is 6.71. The molecule has 6 atom stereocenters. The Kier molecular flexibility index (Phi) is 5.12. The molecule has 0 spiro atoms. The van der Waals surface area contributed by atoms with Crippen molar-refractivity contribution in [1.29, 1.82) is 5.26 Å². The first-order chi connectivity index (χ1) is 10.1. The van der Waals surface area contributed by atoms with E-state index >= 15 is 0 Å². The van der Waals surface area contributed by atoms with Crippen LogP contribution in [0.15, 0.2) is 0 Å². The quantitative estimate of drug-likeness (QED) is 0.711. The highest BCUT2D eigenvalue weighted by atomic mass is 79.9. The molecule has 0 radical (unpaired) electrons. The van der Waals surface area contributed by atoms with Gasteiger partial charge in [0.05, 0.1) is 12.2 Å². The zero-order chi connectivity index (χ0) is 15.0. The number of hydrogen-bond acceptors (Lipinski definition) is 5. The van der Waals surface area contributed by atoms with E-state index in [1.54, 1.807) is 0 Å². The molecule has 0 aromatic carbocycles. The molecule has 0 aromatic heterocycles. The van der Waals surface area contributed by atoms with Crippen LogP contribution in [0.5, 0.6) is 0 Å². The van der Waals surface area contributed by atoms with Crippen molar-refractivity contribution in [2.24, 2.45) is 5.92 Å². The first-order valence-corrected chi connectivity index (χ1v) is 9.47. The second-order valence-corrected chi connectivity index (χ2v) is 8.76. The Balaban J connectivity index is 1.60. The normalized spacial score (nSPS) is 45.2. The third-order valence-electron chi connectivity index (χ3n) is 4.89. The van der Waals surface area contributed by atoms with Gasteiger partial charge in [0.15, 0.2) is 0 Å². The molecule has 6 unspecified atom stereocenters. The Morgan fingerprint density at radius 2 is 2.14 bits per heavy atom. The van der Waals surface area contributed by atoms with Gasteiger partial charge >= 0.3 is 0 Å². The van der Waals surface area contributed by atoms with Crippen molar-refractivity contribution in [3.63, 3.8) is 0 Å². The smallest absolute Gasteiger partial charge is 0.130 e. The van der Waals surface area contributed by atoms with E-state index < -0.39 is 11.4 Å². The minimum atomic E-state index is -1.03. The lowest BCUT2D eigenvalue weighted by atomic mass is 9.89. The van der Waals surface area contributed by atoms with E-state index in [4.69, 9.17) is 5.26 Å². The fourth-order valence-corrected chi connectivity index (χ4v) is 6.25. The fourth-order valence-electron chi connectivity index (χ4n) is 3.59. The first-order valence-electron chi connectivity index (χ1n) is 7.61. The van der Waals surface area contributed by atoms with Crippen LogP contribution in [-0.4, -0.2) is 65.3 Å². The Bertz CT molecular complexity index is 412. The Hall–Kier alpha value is 0.130. The summed E-state index contributed by atoms with van der Waals surface area (Å²) in [6.07, 6.45) is 1.34. The van der Waals surface area contributed by atoms with Gasteiger partial charge in [-0.25, -0.2) is 4.39 Å². The highest BCUT2D eigenvalue weighted by Gasteiger charge is 2.52. The van der Waals surface area contributed by atoms with Gasteiger partial charge in [-0.3, -0.25) is 10.6 Å². The Labute approximate surface area is 138 Å².